The van der Waals surface area contributed by atoms with Crippen LogP contribution in [-0.2, 0) is 19.1 Å². The summed E-state index contributed by atoms with van der Waals surface area (Å²) in [5.41, 5.74) is -1.23. The summed E-state index contributed by atoms with van der Waals surface area (Å²) in [7, 11) is 0. The number of urea groups is 1. The summed E-state index contributed by atoms with van der Waals surface area (Å²) in [4.78, 5) is 51.6. The van der Waals surface area contributed by atoms with Crippen LogP contribution in [0.1, 0.15) is 78.1 Å². The lowest BCUT2D eigenvalue weighted by atomic mass is 9.48. The third kappa shape index (κ3) is 3.65. The van der Waals surface area contributed by atoms with E-state index in [-0.39, 0.29) is 23.7 Å². The van der Waals surface area contributed by atoms with Crippen molar-refractivity contribution in [2.45, 2.75) is 83.6 Å². The number of rotatable bonds is 9. The Labute approximate surface area is 178 Å². The molecule has 4 bridgehead atoms. The lowest BCUT2D eigenvalue weighted by Gasteiger charge is -2.55. The zero-order valence-corrected chi connectivity index (χ0v) is 18.2. The second-order valence-corrected chi connectivity index (χ2v) is 10.2. The number of ketones is 1. The second-order valence-electron chi connectivity index (χ2n) is 10.2. The van der Waals surface area contributed by atoms with Crippen LogP contribution in [0, 0.1) is 23.2 Å². The summed E-state index contributed by atoms with van der Waals surface area (Å²) in [6.07, 6.45) is 9.12. The van der Waals surface area contributed by atoms with Crippen LogP contribution in [0.2, 0.25) is 0 Å². The molecule has 0 spiro atoms. The number of nitrogens with zero attached hydrogens (tertiary/aromatic N) is 1. The van der Waals surface area contributed by atoms with Crippen LogP contribution >= 0.6 is 0 Å². The Morgan fingerprint density at radius 1 is 1.00 bits per heavy atom. The van der Waals surface area contributed by atoms with Crippen molar-refractivity contribution in [2.24, 2.45) is 23.2 Å². The van der Waals surface area contributed by atoms with Crippen molar-refractivity contribution in [3.05, 3.63) is 0 Å². The van der Waals surface area contributed by atoms with Crippen molar-refractivity contribution in [1.29, 1.82) is 0 Å². The summed E-state index contributed by atoms with van der Waals surface area (Å²) in [5, 5.41) is 2.79. The van der Waals surface area contributed by atoms with E-state index in [1.54, 1.807) is 0 Å². The smallest absolute Gasteiger partial charge is 0.326 e. The highest BCUT2D eigenvalue weighted by Gasteiger charge is 2.54. The number of ether oxygens (including phenoxy) is 1. The Hall–Kier alpha value is -1.92. The van der Waals surface area contributed by atoms with Gasteiger partial charge in [0.25, 0.3) is 5.91 Å². The average Bonchev–Trinajstić information content (AvgIpc) is 2.90. The van der Waals surface area contributed by atoms with Gasteiger partial charge in [-0.05, 0) is 69.1 Å². The molecule has 3 amide bonds. The Bertz CT molecular complexity index is 705. The molecule has 0 aromatic rings. The molecule has 1 saturated heterocycles. The molecule has 1 aliphatic heterocycles. The maximum Gasteiger partial charge on any atom is 0.326 e. The normalized spacial score (nSPS) is 33.7. The first-order valence-electron chi connectivity index (χ1n) is 11.6. The van der Waals surface area contributed by atoms with E-state index in [0.29, 0.717) is 30.6 Å². The van der Waals surface area contributed by atoms with Gasteiger partial charge in [0.1, 0.15) is 12.1 Å². The van der Waals surface area contributed by atoms with Gasteiger partial charge in [-0.15, -0.1) is 0 Å². The van der Waals surface area contributed by atoms with Crippen LogP contribution < -0.4 is 5.32 Å². The van der Waals surface area contributed by atoms with E-state index < -0.39 is 24.1 Å². The number of hydrogen-bond donors (Lipinski definition) is 1. The quantitative estimate of drug-likeness (QED) is 0.458. The van der Waals surface area contributed by atoms with Gasteiger partial charge in [-0.3, -0.25) is 19.3 Å². The molecule has 0 aromatic heterocycles. The predicted octanol–water partition coefficient (Wildman–Crippen LogP) is 3.21. The van der Waals surface area contributed by atoms with Crippen LogP contribution in [0.25, 0.3) is 0 Å². The SMILES string of the molecule is CCCC1(CCC)NC(=O)N(CC(=O)OCC(=O)C23CC4CC(CC(C4)C2)C3)C1=O. The van der Waals surface area contributed by atoms with Crippen molar-refractivity contribution < 1.29 is 23.9 Å². The summed E-state index contributed by atoms with van der Waals surface area (Å²) < 4.78 is 5.28. The Morgan fingerprint density at radius 2 is 1.53 bits per heavy atom. The summed E-state index contributed by atoms with van der Waals surface area (Å²) in [5.74, 6) is 0.908. The third-order valence-electron chi connectivity index (χ3n) is 7.88. The molecule has 7 nitrogen and oxygen atoms in total. The topological polar surface area (TPSA) is 92.8 Å². The number of esters is 1. The van der Waals surface area contributed by atoms with Gasteiger partial charge in [0.2, 0.25) is 0 Å². The average molecular weight is 419 g/mol. The number of carbonyl (C=O) groups is 4. The standard InChI is InChI=1S/C23H34N2O5/c1-3-5-23(6-4-2)20(28)25(21(29)24-23)13-19(27)30-14-18(26)22-10-15-7-16(11-22)9-17(8-15)12-22/h15-17H,3-14H2,1-2H3,(H,24,29). The first-order valence-corrected chi connectivity index (χ1v) is 11.6. The number of carbonyl (C=O) groups excluding carboxylic acids is 4. The summed E-state index contributed by atoms with van der Waals surface area (Å²) in [6, 6.07) is -0.550. The van der Waals surface area contributed by atoms with Gasteiger partial charge in [-0.2, -0.15) is 0 Å². The van der Waals surface area contributed by atoms with Crippen LogP contribution in [0.4, 0.5) is 4.79 Å². The first kappa shape index (κ1) is 21.3. The first-order chi connectivity index (χ1) is 14.3. The van der Waals surface area contributed by atoms with Crippen molar-refractivity contribution in [1.82, 2.24) is 10.2 Å². The van der Waals surface area contributed by atoms with Crippen LogP contribution in [-0.4, -0.2) is 47.3 Å². The van der Waals surface area contributed by atoms with E-state index >= 15 is 0 Å². The van der Waals surface area contributed by atoms with Gasteiger partial charge in [0.15, 0.2) is 12.4 Å². The lowest BCUT2D eigenvalue weighted by molar-refractivity contribution is -0.158. The summed E-state index contributed by atoms with van der Waals surface area (Å²) >= 11 is 0. The highest BCUT2D eigenvalue weighted by Crippen LogP contribution is 2.60. The van der Waals surface area contributed by atoms with E-state index in [1.807, 2.05) is 13.8 Å². The number of amides is 3. The molecule has 1 N–H and O–H groups in total. The molecule has 5 fully saturated rings. The molecule has 4 saturated carbocycles. The van der Waals surface area contributed by atoms with E-state index in [4.69, 9.17) is 4.74 Å². The Morgan fingerprint density at radius 3 is 2.03 bits per heavy atom. The monoisotopic (exact) mass is 418 g/mol. The molecular formula is C23H34N2O5. The maximum atomic E-state index is 13.0. The number of nitrogens with one attached hydrogen (secondary N) is 1. The lowest BCUT2D eigenvalue weighted by Crippen LogP contribution is -2.51. The zero-order chi connectivity index (χ0) is 21.5. The van der Waals surface area contributed by atoms with Crippen LogP contribution in [0.5, 0.6) is 0 Å². The second kappa shape index (κ2) is 7.97. The molecule has 0 unspecified atom stereocenters. The van der Waals surface area contributed by atoms with E-state index in [2.05, 4.69) is 5.32 Å². The minimum atomic E-state index is -0.921. The molecular weight excluding hydrogens is 384 g/mol. The molecule has 0 radical (unpaired) electrons. The van der Waals surface area contributed by atoms with Gasteiger partial charge in [0.05, 0.1) is 0 Å². The maximum absolute atomic E-state index is 13.0. The van der Waals surface area contributed by atoms with Gasteiger partial charge < -0.3 is 10.1 Å². The van der Waals surface area contributed by atoms with Crippen molar-refractivity contribution in [3.63, 3.8) is 0 Å². The molecule has 4 aliphatic carbocycles. The van der Waals surface area contributed by atoms with Crippen molar-refractivity contribution in [2.75, 3.05) is 13.2 Å². The molecule has 7 heteroatoms. The molecule has 166 valence electrons. The van der Waals surface area contributed by atoms with E-state index in [0.717, 1.165) is 37.0 Å². The molecule has 1 heterocycles. The number of hydrogen-bond acceptors (Lipinski definition) is 5. The van der Waals surface area contributed by atoms with Gasteiger partial charge in [0, 0.05) is 5.41 Å². The van der Waals surface area contributed by atoms with E-state index in [1.165, 1.54) is 19.3 Å². The van der Waals surface area contributed by atoms with Gasteiger partial charge >= 0.3 is 12.0 Å². The minimum Gasteiger partial charge on any atom is -0.456 e. The predicted molar refractivity (Wildman–Crippen MR) is 109 cm³/mol. The van der Waals surface area contributed by atoms with Crippen LogP contribution in [0.15, 0.2) is 0 Å². The fourth-order valence-electron chi connectivity index (χ4n) is 7.06. The summed E-state index contributed by atoms with van der Waals surface area (Å²) in [6.45, 7) is 3.24. The molecule has 0 aromatic carbocycles. The largest absolute Gasteiger partial charge is 0.456 e. The molecule has 5 rings (SSSR count). The third-order valence-corrected chi connectivity index (χ3v) is 7.88. The Kier molecular flexibility index (Phi) is 5.66. The molecule has 0 atom stereocenters. The number of Topliss-reactive ketones (excluding diaryl/α,β-unsaturated/α-hetero) is 1. The van der Waals surface area contributed by atoms with Crippen LogP contribution in [0.3, 0.4) is 0 Å². The number of imide groups is 1. The Balaban J connectivity index is 1.33. The van der Waals surface area contributed by atoms with Gasteiger partial charge in [-0.1, -0.05) is 26.7 Å². The fourth-order valence-corrected chi connectivity index (χ4v) is 7.06. The van der Waals surface area contributed by atoms with Gasteiger partial charge in [-0.25, -0.2) is 4.79 Å². The van der Waals surface area contributed by atoms with E-state index in [9.17, 15) is 19.2 Å². The fraction of sp³-hybridized carbons (Fsp3) is 0.826. The zero-order valence-electron chi connectivity index (χ0n) is 18.2. The van der Waals surface area contributed by atoms with Crippen molar-refractivity contribution >= 4 is 23.7 Å². The minimum absolute atomic E-state index is 0.0264. The molecule has 5 aliphatic rings. The molecule has 30 heavy (non-hydrogen) atoms. The van der Waals surface area contributed by atoms with Crippen molar-refractivity contribution in [3.8, 4) is 0 Å². The highest BCUT2D eigenvalue weighted by molar-refractivity contribution is 6.08. The highest BCUT2D eigenvalue weighted by atomic mass is 16.5.